The van der Waals surface area contributed by atoms with Crippen LogP contribution in [0.5, 0.6) is 0 Å². The van der Waals surface area contributed by atoms with Crippen LogP contribution >= 0.6 is 0 Å². The van der Waals surface area contributed by atoms with E-state index in [1.165, 1.54) is 0 Å². The number of hydrogen-bond acceptors (Lipinski definition) is 6. The third kappa shape index (κ3) is 3.66. The third-order valence-corrected chi connectivity index (χ3v) is 13.8. The first-order valence-corrected chi connectivity index (χ1v) is 15.1. The summed E-state index contributed by atoms with van der Waals surface area (Å²) in [7, 11) is 0. The minimum atomic E-state index is -1.11. The van der Waals surface area contributed by atoms with Crippen LogP contribution < -0.4 is 0 Å². The van der Waals surface area contributed by atoms with Crippen molar-refractivity contribution in [1.29, 1.82) is 0 Å². The number of carboxylic acids is 1. The predicted octanol–water partition coefficient (Wildman–Crippen LogP) is 6.07. The molecule has 7 heteroatoms. The van der Waals surface area contributed by atoms with Crippen LogP contribution in [0, 0.1) is 56.7 Å². The molecule has 5 fully saturated rings. The number of allylic oxidation sites excluding steroid dienone is 1. The molecule has 0 aromatic carbocycles. The lowest BCUT2D eigenvalue weighted by molar-refractivity contribution is -0.233. The van der Waals surface area contributed by atoms with E-state index >= 15 is 0 Å². The molecule has 39 heavy (non-hydrogen) atoms. The molecule has 0 spiro atoms. The van der Waals surface area contributed by atoms with Crippen LogP contribution in [0.25, 0.3) is 0 Å². The van der Waals surface area contributed by atoms with Crippen molar-refractivity contribution in [3.05, 3.63) is 12.2 Å². The maximum absolute atomic E-state index is 13.6. The van der Waals surface area contributed by atoms with Gasteiger partial charge in [-0.05, 0) is 117 Å². The third-order valence-electron chi connectivity index (χ3n) is 13.8. The highest BCUT2D eigenvalue weighted by Gasteiger charge is 2.72. The van der Waals surface area contributed by atoms with Crippen molar-refractivity contribution in [2.45, 2.75) is 98.8 Å². The summed E-state index contributed by atoms with van der Waals surface area (Å²) < 4.78 is 5.44. The molecule has 0 aromatic rings. The van der Waals surface area contributed by atoms with Crippen LogP contribution in [0.4, 0.5) is 0 Å². The summed E-state index contributed by atoms with van der Waals surface area (Å²) in [4.78, 5) is 24.9. The van der Waals surface area contributed by atoms with Gasteiger partial charge in [-0.25, -0.2) is 4.79 Å². The van der Waals surface area contributed by atoms with Crippen LogP contribution in [0.3, 0.4) is 0 Å². The monoisotopic (exact) mass is 543 g/mol. The average molecular weight is 544 g/mol. The van der Waals surface area contributed by atoms with Crippen LogP contribution in [0.1, 0.15) is 98.8 Å². The second-order valence-electron chi connectivity index (χ2n) is 14.9. The largest absolute Gasteiger partial charge is 0.479 e. The fourth-order valence-electron chi connectivity index (χ4n) is 11.8. The molecule has 5 aliphatic carbocycles. The summed E-state index contributed by atoms with van der Waals surface area (Å²) in [6, 6.07) is 0. The first-order valence-electron chi connectivity index (χ1n) is 15.1. The number of rotatable bonds is 5. The van der Waals surface area contributed by atoms with E-state index < -0.39 is 23.4 Å². The lowest BCUT2D eigenvalue weighted by Gasteiger charge is -2.72. The number of ether oxygens (including phenoxy) is 1. The number of carbonyl (C=O) groups is 2. The van der Waals surface area contributed by atoms with Crippen molar-refractivity contribution in [3.63, 3.8) is 0 Å². The summed E-state index contributed by atoms with van der Waals surface area (Å²) in [5.41, 5.74) is 0.878. The van der Waals surface area contributed by atoms with Crippen molar-refractivity contribution in [3.8, 4) is 0 Å². The van der Waals surface area contributed by atoms with Crippen LogP contribution in [-0.4, -0.2) is 46.3 Å². The predicted molar refractivity (Wildman–Crippen MR) is 148 cm³/mol. The zero-order chi connectivity index (χ0) is 28.6. The maximum atomic E-state index is 13.6. The Bertz CT molecular complexity index is 1090. The van der Waals surface area contributed by atoms with Crippen molar-refractivity contribution in [1.82, 2.24) is 0 Å². The smallest absolute Gasteiger partial charge is 0.341 e. The molecular weight excluding hydrogens is 494 g/mol. The van der Waals surface area contributed by atoms with E-state index in [1.807, 2.05) is 0 Å². The maximum Gasteiger partial charge on any atom is 0.341 e. The Morgan fingerprint density at radius 3 is 2.31 bits per heavy atom. The molecule has 0 saturated heterocycles. The van der Waals surface area contributed by atoms with E-state index in [2.05, 4.69) is 46.4 Å². The number of aliphatic hydroxyl groups is 1. The average Bonchev–Trinajstić information content (AvgIpc) is 3.29. The van der Waals surface area contributed by atoms with Crippen molar-refractivity contribution >= 4 is 17.7 Å². The van der Waals surface area contributed by atoms with E-state index in [4.69, 9.17) is 4.74 Å². The van der Waals surface area contributed by atoms with Crippen molar-refractivity contribution in [2.75, 3.05) is 13.2 Å². The Labute approximate surface area is 233 Å². The molecule has 218 valence electrons. The highest BCUT2D eigenvalue weighted by Crippen LogP contribution is 2.77. The number of aliphatic hydroxyl groups excluding tert-OH is 1. The number of carboxylic acid groups (broad SMARTS) is 1. The SMILES string of the molecule is C=C(C)[C@@H]1CC[C@]2(C(=O)OCC(=O)O)CC[C@]3(C)[C@H](CC[C@@H]4[C@@]5(C)CC/C(=N\O)[C@@](C)(CO)[C@@H]5CC[C@]43C)[C@@H]12. The highest BCUT2D eigenvalue weighted by molar-refractivity contribution is 5.91. The summed E-state index contributed by atoms with van der Waals surface area (Å²) in [6.07, 6.45) is 9.18. The van der Waals surface area contributed by atoms with Crippen LogP contribution in [-0.2, 0) is 14.3 Å². The molecule has 7 nitrogen and oxygen atoms in total. The van der Waals surface area contributed by atoms with Gasteiger partial charge >= 0.3 is 11.9 Å². The topological polar surface area (TPSA) is 116 Å². The van der Waals surface area contributed by atoms with Gasteiger partial charge in [0, 0.05) is 5.41 Å². The number of esters is 1. The molecule has 0 bridgehead atoms. The zero-order valence-corrected chi connectivity index (χ0v) is 24.6. The van der Waals surface area contributed by atoms with Crippen LogP contribution in [0.15, 0.2) is 17.3 Å². The number of carbonyl (C=O) groups excluding carboxylic acids is 1. The second kappa shape index (κ2) is 9.32. The minimum Gasteiger partial charge on any atom is -0.479 e. The minimum absolute atomic E-state index is 0.000677. The van der Waals surface area contributed by atoms with Crippen molar-refractivity contribution in [2.24, 2.45) is 61.8 Å². The van der Waals surface area contributed by atoms with Gasteiger partial charge < -0.3 is 20.2 Å². The Kier molecular flexibility index (Phi) is 6.84. The van der Waals surface area contributed by atoms with Gasteiger partial charge in [0.2, 0.25) is 0 Å². The molecule has 3 N–H and O–H groups in total. The van der Waals surface area contributed by atoms with Gasteiger partial charge in [0.05, 0.1) is 17.7 Å². The zero-order valence-electron chi connectivity index (χ0n) is 24.6. The summed E-state index contributed by atoms with van der Waals surface area (Å²) in [6.45, 7) is 15.4. The Hall–Kier alpha value is -1.89. The van der Waals surface area contributed by atoms with Gasteiger partial charge in [0.15, 0.2) is 6.61 Å². The second-order valence-corrected chi connectivity index (χ2v) is 14.9. The molecule has 0 amide bonds. The van der Waals surface area contributed by atoms with E-state index in [0.717, 1.165) is 69.1 Å². The van der Waals surface area contributed by atoms with Gasteiger partial charge in [0.1, 0.15) is 0 Å². The normalized spacial score (nSPS) is 49.8. The van der Waals surface area contributed by atoms with E-state index in [1.54, 1.807) is 0 Å². The van der Waals surface area contributed by atoms with Gasteiger partial charge in [-0.2, -0.15) is 0 Å². The molecule has 0 aliphatic heterocycles. The van der Waals surface area contributed by atoms with Crippen LogP contribution in [0.2, 0.25) is 0 Å². The van der Waals surface area contributed by atoms with Crippen molar-refractivity contribution < 1.29 is 29.7 Å². The number of oxime groups is 1. The summed E-state index contributed by atoms with van der Waals surface area (Å²) in [5.74, 6) is 0.0296. The van der Waals surface area contributed by atoms with Gasteiger partial charge in [0.25, 0.3) is 0 Å². The summed E-state index contributed by atoms with van der Waals surface area (Å²) in [5, 5.41) is 33.3. The molecule has 10 atom stereocenters. The fraction of sp³-hybridized carbons (Fsp3) is 0.844. The van der Waals surface area contributed by atoms with Gasteiger partial charge in [-0.3, -0.25) is 4.79 Å². The molecule has 0 heterocycles. The Morgan fingerprint density at radius 1 is 0.974 bits per heavy atom. The first-order chi connectivity index (χ1) is 18.2. The number of hydrogen-bond donors (Lipinski definition) is 3. The molecule has 0 radical (unpaired) electrons. The van der Waals surface area contributed by atoms with E-state index in [-0.39, 0.29) is 46.6 Å². The lowest BCUT2D eigenvalue weighted by atomic mass is 9.32. The molecule has 0 aromatic heterocycles. The summed E-state index contributed by atoms with van der Waals surface area (Å²) >= 11 is 0. The molecule has 0 unspecified atom stereocenters. The standard InChI is InChI=1S/C32H49NO6/c1-19(2)20-9-14-32(27(37)39-17-25(35)36)16-15-30(5)21(26(20)32)7-8-23-28(3)12-11-24(33-38)29(4,18-34)22(28)10-13-31(23,30)6/h20-23,26,34,38H,1,7-18H2,2-6H3,(H,35,36)/b33-24+/t20-,21+,22+,23+,26+,28-,29-,30+,31+,32-/m0/s1. The van der Waals surface area contributed by atoms with Gasteiger partial charge in [-0.1, -0.05) is 45.0 Å². The Morgan fingerprint density at radius 2 is 1.69 bits per heavy atom. The lowest BCUT2D eigenvalue weighted by Crippen LogP contribution is -2.67. The molecule has 5 aliphatic rings. The van der Waals surface area contributed by atoms with E-state index in [9.17, 15) is 25.0 Å². The number of aliphatic carboxylic acids is 1. The molecule has 5 rings (SSSR count). The highest BCUT2D eigenvalue weighted by atomic mass is 16.6. The molecular formula is C32H49NO6. The van der Waals surface area contributed by atoms with Gasteiger partial charge in [-0.15, -0.1) is 0 Å². The first kappa shape index (κ1) is 28.6. The molecule has 5 saturated carbocycles. The fourth-order valence-corrected chi connectivity index (χ4v) is 11.8. The Balaban J connectivity index is 1.53. The number of nitrogens with zero attached hydrogens (tertiary/aromatic N) is 1. The van der Waals surface area contributed by atoms with E-state index in [0.29, 0.717) is 18.3 Å². The number of fused-ring (bicyclic) bond motifs is 7. The quantitative estimate of drug-likeness (QED) is 0.168.